The Kier molecular flexibility index (Phi) is 3.07. The molecule has 11 heavy (non-hydrogen) atoms. The maximum Gasteiger partial charge on any atom is 0.148 e. The molecule has 1 aromatic carbocycles. The predicted molar refractivity (Wildman–Crippen MR) is 52.2 cm³/mol. The lowest BCUT2D eigenvalue weighted by Gasteiger charge is -2.04. The number of rotatable bonds is 2. The van der Waals surface area contributed by atoms with Crippen molar-refractivity contribution in [2.45, 2.75) is 13.1 Å². The maximum absolute atomic E-state index is 5.79. The van der Waals surface area contributed by atoms with Crippen molar-refractivity contribution >= 4 is 32.2 Å². The molecule has 53 valence electrons. The van der Waals surface area contributed by atoms with Gasteiger partial charge in [-0.25, -0.2) is 0 Å². The predicted octanol–water partition coefficient (Wildman–Crippen LogP) is 1.39. The quantitative estimate of drug-likeness (QED) is 0.575. The van der Waals surface area contributed by atoms with E-state index in [2.05, 4.69) is 0 Å². The van der Waals surface area contributed by atoms with E-state index >= 15 is 0 Å². The summed E-state index contributed by atoms with van der Waals surface area (Å²) in [5.41, 5.74) is 2.26. The molecule has 0 aliphatic heterocycles. The Balaban J connectivity index is 3.06. The highest BCUT2D eigenvalue weighted by Gasteiger charge is 1.98. The Morgan fingerprint density at radius 2 is 2.27 bits per heavy atom. The van der Waals surface area contributed by atoms with Crippen molar-refractivity contribution in [2.24, 2.45) is 0 Å². The first-order valence-electron chi connectivity index (χ1n) is 3.55. The van der Waals surface area contributed by atoms with E-state index < -0.39 is 0 Å². The first-order valence-corrected chi connectivity index (χ1v) is 3.93. The molecule has 0 aliphatic rings. The minimum atomic E-state index is 0.566. The monoisotopic (exact) mass is 161 g/mol. The van der Waals surface area contributed by atoms with Crippen LogP contribution in [-0.4, -0.2) is 15.1 Å². The average Bonchev–Trinajstić information content (AvgIpc) is 2.04. The van der Waals surface area contributed by atoms with E-state index in [-0.39, 0.29) is 0 Å². The SMILES string of the molecule is [B]Cc1ccc(Cl)cc1[B]C. The van der Waals surface area contributed by atoms with E-state index in [1.807, 2.05) is 32.3 Å². The molecule has 0 aliphatic carbocycles. The molecule has 0 unspecified atom stereocenters. The lowest BCUT2D eigenvalue weighted by atomic mass is 9.69. The Morgan fingerprint density at radius 1 is 1.55 bits per heavy atom. The first-order chi connectivity index (χ1) is 5.27. The molecule has 0 atom stereocenters. The third-order valence-electron chi connectivity index (χ3n) is 1.64. The number of halogens is 1. The van der Waals surface area contributed by atoms with Crippen molar-refractivity contribution in [3.63, 3.8) is 0 Å². The Morgan fingerprint density at radius 3 is 2.82 bits per heavy atom. The van der Waals surface area contributed by atoms with Crippen LogP contribution < -0.4 is 5.46 Å². The molecule has 0 saturated carbocycles. The van der Waals surface area contributed by atoms with Gasteiger partial charge in [-0.15, -0.1) is 0 Å². The number of hydrogen-bond donors (Lipinski definition) is 0. The summed E-state index contributed by atoms with van der Waals surface area (Å²) in [7, 11) is 7.52. The van der Waals surface area contributed by atoms with Crippen LogP contribution in [0.2, 0.25) is 11.8 Å². The molecule has 0 bridgehead atoms. The molecule has 0 N–H and O–H groups in total. The van der Waals surface area contributed by atoms with Gasteiger partial charge in [-0.1, -0.05) is 41.8 Å². The summed E-state index contributed by atoms with van der Waals surface area (Å²) in [6.07, 6.45) is 0.566. The molecule has 0 aromatic heterocycles. The van der Waals surface area contributed by atoms with Gasteiger partial charge in [0.25, 0.3) is 0 Å². The van der Waals surface area contributed by atoms with Crippen LogP contribution in [0.4, 0.5) is 0 Å². The molecule has 1 aromatic rings. The second kappa shape index (κ2) is 3.87. The molecule has 3 radical (unpaired) electrons. The van der Waals surface area contributed by atoms with Crippen molar-refractivity contribution < 1.29 is 0 Å². The van der Waals surface area contributed by atoms with E-state index in [9.17, 15) is 0 Å². The zero-order valence-corrected chi connectivity index (χ0v) is 7.23. The maximum atomic E-state index is 5.79. The fourth-order valence-electron chi connectivity index (χ4n) is 1.02. The van der Waals surface area contributed by atoms with E-state index in [1.54, 1.807) is 0 Å². The summed E-state index contributed by atoms with van der Waals surface area (Å²) in [5, 5.41) is 0.760. The van der Waals surface area contributed by atoms with Gasteiger partial charge in [0.05, 0.1) is 7.85 Å². The molecular formula is C8H8B2Cl. The minimum Gasteiger partial charge on any atom is -0.0872 e. The highest BCUT2D eigenvalue weighted by atomic mass is 35.5. The second-order valence-electron chi connectivity index (χ2n) is 2.34. The lowest BCUT2D eigenvalue weighted by molar-refractivity contribution is 1.43. The van der Waals surface area contributed by atoms with Crippen LogP contribution in [-0.2, 0) is 6.32 Å². The van der Waals surface area contributed by atoms with Gasteiger partial charge in [-0.05, 0) is 12.1 Å². The van der Waals surface area contributed by atoms with E-state index in [4.69, 9.17) is 19.4 Å². The second-order valence-corrected chi connectivity index (χ2v) is 2.77. The fourth-order valence-corrected chi connectivity index (χ4v) is 1.20. The van der Waals surface area contributed by atoms with Crippen LogP contribution in [0.15, 0.2) is 18.2 Å². The van der Waals surface area contributed by atoms with E-state index in [0.29, 0.717) is 6.32 Å². The number of hydrogen-bond acceptors (Lipinski definition) is 0. The van der Waals surface area contributed by atoms with Crippen LogP contribution in [0, 0.1) is 0 Å². The third kappa shape index (κ3) is 2.03. The molecule has 0 spiro atoms. The summed E-state index contributed by atoms with van der Waals surface area (Å²) in [4.78, 5) is 0. The molecule has 0 saturated heterocycles. The average molecular weight is 161 g/mol. The van der Waals surface area contributed by atoms with Crippen LogP contribution in [0.3, 0.4) is 0 Å². The molecular weight excluding hydrogens is 153 g/mol. The number of benzene rings is 1. The highest BCUT2D eigenvalue weighted by molar-refractivity contribution is 6.53. The molecule has 0 heterocycles. The Labute approximate surface area is 74.6 Å². The Hall–Kier alpha value is -0.360. The van der Waals surface area contributed by atoms with Gasteiger partial charge in [0.2, 0.25) is 0 Å². The fraction of sp³-hybridized carbons (Fsp3) is 0.250. The van der Waals surface area contributed by atoms with Crippen LogP contribution >= 0.6 is 11.6 Å². The van der Waals surface area contributed by atoms with Crippen molar-refractivity contribution in [3.8, 4) is 0 Å². The Bertz CT molecular complexity index is 248. The smallest absolute Gasteiger partial charge is 0.0872 e. The zero-order chi connectivity index (χ0) is 8.27. The summed E-state index contributed by atoms with van der Waals surface area (Å²) >= 11 is 5.79. The molecule has 0 fully saturated rings. The van der Waals surface area contributed by atoms with Gasteiger partial charge < -0.3 is 0 Å². The summed E-state index contributed by atoms with van der Waals surface area (Å²) < 4.78 is 0. The van der Waals surface area contributed by atoms with Gasteiger partial charge >= 0.3 is 0 Å². The van der Waals surface area contributed by atoms with Gasteiger partial charge in [0.15, 0.2) is 0 Å². The summed E-state index contributed by atoms with van der Waals surface area (Å²) in [6.45, 7) is 1.98. The first kappa shape index (κ1) is 8.73. The normalized spacial score (nSPS) is 9.64. The van der Waals surface area contributed by atoms with Gasteiger partial charge in [0.1, 0.15) is 7.28 Å². The zero-order valence-electron chi connectivity index (χ0n) is 6.47. The molecule has 0 nitrogen and oxygen atoms in total. The van der Waals surface area contributed by atoms with Gasteiger partial charge in [0, 0.05) is 5.02 Å². The van der Waals surface area contributed by atoms with E-state index in [0.717, 1.165) is 16.0 Å². The minimum absolute atomic E-state index is 0.566. The summed E-state index contributed by atoms with van der Waals surface area (Å²) in [6, 6.07) is 5.73. The van der Waals surface area contributed by atoms with Crippen LogP contribution in [0.25, 0.3) is 0 Å². The topological polar surface area (TPSA) is 0 Å². The van der Waals surface area contributed by atoms with Crippen molar-refractivity contribution in [3.05, 3.63) is 28.8 Å². The van der Waals surface area contributed by atoms with Crippen molar-refractivity contribution in [1.29, 1.82) is 0 Å². The molecule has 3 heteroatoms. The summed E-state index contributed by atoms with van der Waals surface area (Å²) in [5.74, 6) is 0. The van der Waals surface area contributed by atoms with E-state index in [1.165, 1.54) is 0 Å². The largest absolute Gasteiger partial charge is 0.148 e. The highest BCUT2D eigenvalue weighted by Crippen LogP contribution is 2.07. The van der Waals surface area contributed by atoms with Gasteiger partial charge in [-0.2, -0.15) is 0 Å². The van der Waals surface area contributed by atoms with Crippen LogP contribution in [0.1, 0.15) is 5.56 Å². The van der Waals surface area contributed by atoms with Crippen molar-refractivity contribution in [2.75, 3.05) is 0 Å². The third-order valence-corrected chi connectivity index (χ3v) is 1.87. The molecule has 0 amide bonds. The van der Waals surface area contributed by atoms with Gasteiger partial charge in [-0.3, -0.25) is 0 Å². The van der Waals surface area contributed by atoms with Crippen molar-refractivity contribution in [1.82, 2.24) is 0 Å². The molecule has 1 rings (SSSR count). The lowest BCUT2D eigenvalue weighted by Crippen LogP contribution is -2.16. The standard InChI is InChI=1S/C8H8B2Cl/c1-10-8-4-7(11)3-2-6(8)5-9/h2-4H,5H2,1H3. The van der Waals surface area contributed by atoms with Crippen LogP contribution in [0.5, 0.6) is 0 Å².